The standard InChI is InChI=1S/C14H22F2N2/c1-10(18(4)9-14(2,3)8-17)12-6-5-11(15)7-13(12)16/h5-7,10H,8-9,17H2,1-4H3. The second-order valence-electron chi connectivity index (χ2n) is 5.63. The summed E-state index contributed by atoms with van der Waals surface area (Å²) in [7, 11) is 1.92. The molecule has 0 aliphatic rings. The molecule has 0 aliphatic heterocycles. The number of nitrogens with zero attached hydrogens (tertiary/aromatic N) is 1. The number of hydrogen-bond acceptors (Lipinski definition) is 2. The Kier molecular flexibility index (Phi) is 4.82. The largest absolute Gasteiger partial charge is 0.330 e. The molecule has 1 rings (SSSR count). The van der Waals surface area contributed by atoms with Crippen molar-refractivity contribution in [3.63, 3.8) is 0 Å². The van der Waals surface area contributed by atoms with Crippen LogP contribution in [0.5, 0.6) is 0 Å². The number of halogens is 2. The van der Waals surface area contributed by atoms with Crippen LogP contribution in [0.25, 0.3) is 0 Å². The molecular formula is C14H22F2N2. The van der Waals surface area contributed by atoms with Crippen molar-refractivity contribution < 1.29 is 8.78 Å². The van der Waals surface area contributed by atoms with E-state index in [1.165, 1.54) is 12.1 Å². The van der Waals surface area contributed by atoms with Crippen LogP contribution in [0.4, 0.5) is 8.78 Å². The van der Waals surface area contributed by atoms with Crippen molar-refractivity contribution in [2.75, 3.05) is 20.1 Å². The fraction of sp³-hybridized carbons (Fsp3) is 0.571. The molecular weight excluding hydrogens is 234 g/mol. The van der Waals surface area contributed by atoms with Crippen LogP contribution in [0, 0.1) is 17.0 Å². The highest BCUT2D eigenvalue weighted by molar-refractivity contribution is 5.21. The Hall–Kier alpha value is -1.00. The van der Waals surface area contributed by atoms with E-state index in [-0.39, 0.29) is 11.5 Å². The van der Waals surface area contributed by atoms with Crippen molar-refractivity contribution in [3.8, 4) is 0 Å². The maximum Gasteiger partial charge on any atom is 0.130 e. The van der Waals surface area contributed by atoms with Gasteiger partial charge < -0.3 is 5.73 Å². The van der Waals surface area contributed by atoms with Crippen molar-refractivity contribution in [2.45, 2.75) is 26.8 Å². The molecule has 2 N–H and O–H groups in total. The lowest BCUT2D eigenvalue weighted by Crippen LogP contribution is -2.38. The van der Waals surface area contributed by atoms with Gasteiger partial charge >= 0.3 is 0 Å². The number of hydrogen-bond donors (Lipinski definition) is 1. The first-order valence-corrected chi connectivity index (χ1v) is 6.12. The minimum atomic E-state index is -0.548. The third-order valence-electron chi connectivity index (χ3n) is 3.30. The zero-order valence-corrected chi connectivity index (χ0v) is 11.5. The predicted molar refractivity (Wildman–Crippen MR) is 70.2 cm³/mol. The highest BCUT2D eigenvalue weighted by Crippen LogP contribution is 2.25. The molecule has 0 radical (unpaired) electrons. The van der Waals surface area contributed by atoms with E-state index >= 15 is 0 Å². The maximum atomic E-state index is 13.7. The van der Waals surface area contributed by atoms with E-state index in [9.17, 15) is 8.78 Å². The molecule has 1 aromatic carbocycles. The molecule has 0 aromatic heterocycles. The summed E-state index contributed by atoms with van der Waals surface area (Å²) in [4.78, 5) is 2.03. The first kappa shape index (κ1) is 15.1. The van der Waals surface area contributed by atoms with E-state index < -0.39 is 11.6 Å². The highest BCUT2D eigenvalue weighted by Gasteiger charge is 2.23. The van der Waals surface area contributed by atoms with Crippen LogP contribution in [0.1, 0.15) is 32.4 Å². The zero-order chi connectivity index (χ0) is 13.9. The Bertz CT molecular complexity index is 405. The van der Waals surface area contributed by atoms with Gasteiger partial charge in [-0.3, -0.25) is 4.90 Å². The third kappa shape index (κ3) is 3.75. The second-order valence-corrected chi connectivity index (χ2v) is 5.63. The second kappa shape index (κ2) is 5.76. The fourth-order valence-electron chi connectivity index (χ4n) is 1.95. The number of rotatable bonds is 5. The summed E-state index contributed by atoms with van der Waals surface area (Å²) >= 11 is 0. The maximum absolute atomic E-state index is 13.7. The van der Waals surface area contributed by atoms with Gasteiger partial charge in [0.15, 0.2) is 0 Å². The minimum absolute atomic E-state index is 0.0283. The predicted octanol–water partition coefficient (Wildman–Crippen LogP) is 2.94. The molecule has 2 nitrogen and oxygen atoms in total. The van der Waals surface area contributed by atoms with Gasteiger partial charge in [-0.15, -0.1) is 0 Å². The van der Waals surface area contributed by atoms with Crippen LogP contribution in [-0.2, 0) is 0 Å². The smallest absolute Gasteiger partial charge is 0.130 e. The monoisotopic (exact) mass is 256 g/mol. The Labute approximate surface area is 108 Å². The molecule has 102 valence electrons. The van der Waals surface area contributed by atoms with Crippen LogP contribution in [0.3, 0.4) is 0 Å². The molecule has 1 atom stereocenters. The third-order valence-corrected chi connectivity index (χ3v) is 3.30. The molecule has 1 aromatic rings. The summed E-state index contributed by atoms with van der Waals surface area (Å²) < 4.78 is 26.6. The van der Waals surface area contributed by atoms with Crippen molar-refractivity contribution in [1.29, 1.82) is 0 Å². The summed E-state index contributed by atoms with van der Waals surface area (Å²) in [5.74, 6) is -1.05. The van der Waals surface area contributed by atoms with Crippen LogP contribution in [-0.4, -0.2) is 25.0 Å². The van der Waals surface area contributed by atoms with Crippen molar-refractivity contribution in [3.05, 3.63) is 35.4 Å². The Morgan fingerprint density at radius 1 is 1.33 bits per heavy atom. The summed E-state index contributed by atoms with van der Waals surface area (Å²) in [5.41, 5.74) is 6.17. The van der Waals surface area contributed by atoms with Crippen molar-refractivity contribution in [2.24, 2.45) is 11.1 Å². The van der Waals surface area contributed by atoms with Crippen LogP contribution >= 0.6 is 0 Å². The van der Waals surface area contributed by atoms with E-state index in [0.29, 0.717) is 12.1 Å². The van der Waals surface area contributed by atoms with Crippen molar-refractivity contribution in [1.82, 2.24) is 4.90 Å². The summed E-state index contributed by atoms with van der Waals surface area (Å²) in [6.07, 6.45) is 0. The minimum Gasteiger partial charge on any atom is -0.330 e. The first-order chi connectivity index (χ1) is 8.26. The fourth-order valence-corrected chi connectivity index (χ4v) is 1.95. The van der Waals surface area contributed by atoms with Gasteiger partial charge in [0.05, 0.1) is 0 Å². The topological polar surface area (TPSA) is 29.3 Å². The number of nitrogens with two attached hydrogens (primary N) is 1. The van der Waals surface area contributed by atoms with E-state index in [1.54, 1.807) is 0 Å². The number of benzene rings is 1. The van der Waals surface area contributed by atoms with Gasteiger partial charge in [0.2, 0.25) is 0 Å². The lowest BCUT2D eigenvalue weighted by atomic mass is 9.92. The normalized spacial score (nSPS) is 14.0. The van der Waals surface area contributed by atoms with E-state index in [2.05, 4.69) is 13.8 Å². The van der Waals surface area contributed by atoms with Gasteiger partial charge in [-0.25, -0.2) is 8.78 Å². The molecule has 0 bridgehead atoms. The molecule has 0 heterocycles. The Morgan fingerprint density at radius 3 is 2.44 bits per heavy atom. The molecule has 0 amide bonds. The van der Waals surface area contributed by atoms with Gasteiger partial charge in [0, 0.05) is 24.2 Å². The van der Waals surface area contributed by atoms with Crippen LogP contribution in [0.2, 0.25) is 0 Å². The van der Waals surface area contributed by atoms with Crippen molar-refractivity contribution >= 4 is 0 Å². The summed E-state index contributed by atoms with van der Waals surface area (Å²) in [6, 6.07) is 3.60. The van der Waals surface area contributed by atoms with E-state index in [0.717, 1.165) is 12.6 Å². The lowest BCUT2D eigenvalue weighted by molar-refractivity contribution is 0.171. The lowest BCUT2D eigenvalue weighted by Gasteiger charge is -2.33. The average Bonchev–Trinajstić information content (AvgIpc) is 2.27. The molecule has 0 saturated heterocycles. The Morgan fingerprint density at radius 2 is 1.94 bits per heavy atom. The van der Waals surface area contributed by atoms with Crippen LogP contribution < -0.4 is 5.73 Å². The molecule has 0 fully saturated rings. The Balaban J connectivity index is 2.83. The summed E-state index contributed by atoms with van der Waals surface area (Å²) in [6.45, 7) is 7.36. The molecule has 4 heteroatoms. The molecule has 18 heavy (non-hydrogen) atoms. The highest BCUT2D eigenvalue weighted by atomic mass is 19.1. The molecule has 0 spiro atoms. The van der Waals surface area contributed by atoms with Gasteiger partial charge in [-0.05, 0) is 32.0 Å². The zero-order valence-electron chi connectivity index (χ0n) is 11.5. The molecule has 1 unspecified atom stereocenters. The molecule has 0 saturated carbocycles. The quantitative estimate of drug-likeness (QED) is 0.877. The average molecular weight is 256 g/mol. The van der Waals surface area contributed by atoms with E-state index in [4.69, 9.17) is 5.73 Å². The van der Waals surface area contributed by atoms with Crippen LogP contribution in [0.15, 0.2) is 18.2 Å². The summed E-state index contributed by atoms with van der Waals surface area (Å²) in [5, 5.41) is 0. The van der Waals surface area contributed by atoms with Gasteiger partial charge in [0.25, 0.3) is 0 Å². The molecule has 0 aliphatic carbocycles. The first-order valence-electron chi connectivity index (χ1n) is 6.12. The van der Waals surface area contributed by atoms with Gasteiger partial charge in [0.1, 0.15) is 11.6 Å². The van der Waals surface area contributed by atoms with Gasteiger partial charge in [-0.2, -0.15) is 0 Å². The van der Waals surface area contributed by atoms with Gasteiger partial charge in [-0.1, -0.05) is 19.9 Å². The van der Waals surface area contributed by atoms with E-state index in [1.807, 2.05) is 18.9 Å². The SMILES string of the molecule is CC(c1ccc(F)cc1F)N(C)CC(C)(C)CN.